The molecule has 1 rings (SSSR count). The number of aldehydes is 1. The molecule has 0 saturated heterocycles. The number of hydrogen-bond acceptors (Lipinski definition) is 5. The van der Waals surface area contributed by atoms with Crippen LogP contribution >= 0.6 is 0 Å². The standard InChI is InChI=1S/C9H5N3O4/c10-3-6-1-5(4-13)2-7(9(11)14)8(6)12(15)16/h1-2,4H,(H2,11,14). The minimum absolute atomic E-state index is 0.0176. The fourth-order valence-corrected chi connectivity index (χ4v) is 1.19. The molecule has 0 bridgehead atoms. The van der Waals surface area contributed by atoms with Crippen molar-refractivity contribution < 1.29 is 14.5 Å². The Kier molecular flexibility index (Phi) is 2.96. The van der Waals surface area contributed by atoms with E-state index in [0.717, 1.165) is 12.1 Å². The summed E-state index contributed by atoms with van der Waals surface area (Å²) in [5.41, 5.74) is 3.41. The summed E-state index contributed by atoms with van der Waals surface area (Å²) in [6, 6.07) is 3.54. The van der Waals surface area contributed by atoms with Crippen molar-refractivity contribution in [1.82, 2.24) is 0 Å². The van der Waals surface area contributed by atoms with E-state index in [4.69, 9.17) is 11.0 Å². The van der Waals surface area contributed by atoms with Gasteiger partial charge in [-0.05, 0) is 12.1 Å². The van der Waals surface area contributed by atoms with E-state index < -0.39 is 22.1 Å². The molecule has 0 heterocycles. The third kappa shape index (κ3) is 1.85. The molecule has 0 fully saturated rings. The molecule has 80 valence electrons. The number of nitriles is 1. The predicted molar refractivity (Wildman–Crippen MR) is 51.7 cm³/mol. The molecule has 0 saturated carbocycles. The Morgan fingerprint density at radius 1 is 1.56 bits per heavy atom. The van der Waals surface area contributed by atoms with Gasteiger partial charge in [0.05, 0.1) is 4.92 Å². The number of amides is 1. The van der Waals surface area contributed by atoms with E-state index in [1.807, 2.05) is 0 Å². The second-order valence-electron chi connectivity index (χ2n) is 2.82. The quantitative estimate of drug-likeness (QED) is 0.446. The van der Waals surface area contributed by atoms with Crippen LogP contribution in [0.25, 0.3) is 0 Å². The molecular weight excluding hydrogens is 214 g/mol. The van der Waals surface area contributed by atoms with Crippen molar-refractivity contribution in [1.29, 1.82) is 5.26 Å². The maximum Gasteiger partial charge on any atom is 0.299 e. The van der Waals surface area contributed by atoms with Crippen LogP contribution in [0.1, 0.15) is 26.3 Å². The molecule has 1 aromatic rings. The Labute approximate surface area is 89.2 Å². The van der Waals surface area contributed by atoms with Crippen LogP contribution in [0.4, 0.5) is 5.69 Å². The van der Waals surface area contributed by atoms with Crippen LogP contribution in [0.3, 0.4) is 0 Å². The van der Waals surface area contributed by atoms with E-state index in [0.29, 0.717) is 6.29 Å². The molecule has 1 aromatic carbocycles. The van der Waals surface area contributed by atoms with Crippen molar-refractivity contribution in [3.8, 4) is 6.07 Å². The summed E-state index contributed by atoms with van der Waals surface area (Å²) in [4.78, 5) is 31.2. The third-order valence-electron chi connectivity index (χ3n) is 1.84. The van der Waals surface area contributed by atoms with Gasteiger partial charge < -0.3 is 5.73 Å². The van der Waals surface area contributed by atoms with Gasteiger partial charge in [0.15, 0.2) is 0 Å². The van der Waals surface area contributed by atoms with Gasteiger partial charge in [0, 0.05) is 5.56 Å². The predicted octanol–water partition coefficient (Wildman–Crippen LogP) is 0.378. The molecule has 0 aliphatic rings. The average molecular weight is 219 g/mol. The van der Waals surface area contributed by atoms with E-state index >= 15 is 0 Å². The molecule has 16 heavy (non-hydrogen) atoms. The van der Waals surface area contributed by atoms with E-state index in [-0.39, 0.29) is 11.1 Å². The van der Waals surface area contributed by atoms with Gasteiger partial charge in [0.2, 0.25) is 0 Å². The summed E-state index contributed by atoms with van der Waals surface area (Å²) in [6.45, 7) is 0. The molecule has 0 unspecified atom stereocenters. The van der Waals surface area contributed by atoms with Gasteiger partial charge >= 0.3 is 0 Å². The monoisotopic (exact) mass is 219 g/mol. The second-order valence-corrected chi connectivity index (χ2v) is 2.82. The van der Waals surface area contributed by atoms with Gasteiger partial charge in [0.25, 0.3) is 11.6 Å². The van der Waals surface area contributed by atoms with Crippen molar-refractivity contribution in [2.75, 3.05) is 0 Å². The van der Waals surface area contributed by atoms with Gasteiger partial charge in [-0.1, -0.05) is 0 Å². The van der Waals surface area contributed by atoms with Gasteiger partial charge in [0.1, 0.15) is 23.5 Å². The summed E-state index contributed by atoms with van der Waals surface area (Å²) in [6.07, 6.45) is 0.372. The van der Waals surface area contributed by atoms with Gasteiger partial charge in [-0.3, -0.25) is 19.7 Å². The molecule has 0 radical (unpaired) electrons. The average Bonchev–Trinajstić information content (AvgIpc) is 2.26. The van der Waals surface area contributed by atoms with Crippen LogP contribution in [0, 0.1) is 21.4 Å². The summed E-state index contributed by atoms with van der Waals surface area (Å²) in [5.74, 6) is -1.06. The SMILES string of the molecule is N#Cc1cc(C=O)cc(C(N)=O)c1[N+](=O)[O-]. The highest BCUT2D eigenvalue weighted by molar-refractivity contribution is 5.99. The maximum atomic E-state index is 11.0. The molecule has 0 aliphatic heterocycles. The van der Waals surface area contributed by atoms with Crippen molar-refractivity contribution in [2.24, 2.45) is 5.73 Å². The van der Waals surface area contributed by atoms with Crippen LogP contribution in [0.2, 0.25) is 0 Å². The Balaban J connectivity index is 3.68. The lowest BCUT2D eigenvalue weighted by molar-refractivity contribution is -0.385. The minimum Gasteiger partial charge on any atom is -0.365 e. The van der Waals surface area contributed by atoms with E-state index in [1.165, 1.54) is 6.07 Å². The zero-order chi connectivity index (χ0) is 12.3. The van der Waals surface area contributed by atoms with E-state index in [9.17, 15) is 19.7 Å². The lowest BCUT2D eigenvalue weighted by Crippen LogP contribution is -2.15. The number of carbonyl (C=O) groups is 2. The largest absolute Gasteiger partial charge is 0.365 e. The summed E-state index contributed by atoms with van der Waals surface area (Å²) >= 11 is 0. The van der Waals surface area contributed by atoms with Crippen LogP contribution < -0.4 is 5.73 Å². The Hall–Kier alpha value is -2.75. The Morgan fingerprint density at radius 2 is 2.19 bits per heavy atom. The number of hydrogen-bond donors (Lipinski definition) is 1. The first-order chi connectivity index (χ1) is 7.51. The number of benzene rings is 1. The fourth-order valence-electron chi connectivity index (χ4n) is 1.19. The number of nitro groups is 1. The highest BCUT2D eigenvalue weighted by Gasteiger charge is 2.24. The summed E-state index contributed by atoms with van der Waals surface area (Å²) in [5, 5.41) is 19.3. The van der Waals surface area contributed by atoms with Gasteiger partial charge in [-0.25, -0.2) is 0 Å². The topological polar surface area (TPSA) is 127 Å². The van der Waals surface area contributed by atoms with Crippen molar-refractivity contribution in [3.05, 3.63) is 38.9 Å². The highest BCUT2D eigenvalue weighted by Crippen LogP contribution is 2.24. The van der Waals surface area contributed by atoms with Gasteiger partial charge in [-0.15, -0.1) is 0 Å². The zero-order valence-corrected chi connectivity index (χ0v) is 7.84. The molecule has 0 atom stereocenters. The summed E-state index contributed by atoms with van der Waals surface area (Å²) < 4.78 is 0. The molecule has 2 N–H and O–H groups in total. The second kappa shape index (κ2) is 4.18. The molecular formula is C9H5N3O4. The van der Waals surface area contributed by atoms with Crippen molar-refractivity contribution >= 4 is 17.9 Å². The number of carbonyl (C=O) groups excluding carboxylic acids is 2. The number of primary amides is 1. The molecule has 7 heteroatoms. The number of nitro benzene ring substituents is 1. The highest BCUT2D eigenvalue weighted by atomic mass is 16.6. The molecule has 1 amide bonds. The molecule has 0 spiro atoms. The fraction of sp³-hybridized carbons (Fsp3) is 0. The number of nitrogens with two attached hydrogens (primary N) is 1. The lowest BCUT2D eigenvalue weighted by atomic mass is 10.0. The Bertz CT molecular complexity index is 530. The van der Waals surface area contributed by atoms with Crippen LogP contribution in [-0.2, 0) is 0 Å². The van der Waals surface area contributed by atoms with Crippen molar-refractivity contribution in [3.63, 3.8) is 0 Å². The third-order valence-corrected chi connectivity index (χ3v) is 1.84. The first kappa shape index (κ1) is 11.3. The van der Waals surface area contributed by atoms with Gasteiger partial charge in [-0.2, -0.15) is 5.26 Å². The normalized spacial score (nSPS) is 9.19. The smallest absolute Gasteiger partial charge is 0.299 e. The van der Waals surface area contributed by atoms with Crippen LogP contribution in [0.5, 0.6) is 0 Å². The lowest BCUT2D eigenvalue weighted by Gasteiger charge is -2.01. The van der Waals surface area contributed by atoms with Crippen molar-refractivity contribution in [2.45, 2.75) is 0 Å². The van der Waals surface area contributed by atoms with E-state index in [1.54, 1.807) is 0 Å². The minimum atomic E-state index is -1.06. The number of rotatable bonds is 3. The first-order valence-corrected chi connectivity index (χ1v) is 3.98. The molecule has 0 aromatic heterocycles. The zero-order valence-electron chi connectivity index (χ0n) is 7.84. The van der Waals surface area contributed by atoms with Crippen LogP contribution in [0.15, 0.2) is 12.1 Å². The maximum absolute atomic E-state index is 11.0. The molecule has 7 nitrogen and oxygen atoms in total. The van der Waals surface area contributed by atoms with E-state index in [2.05, 4.69) is 0 Å². The first-order valence-electron chi connectivity index (χ1n) is 3.98. The Morgan fingerprint density at radius 3 is 2.56 bits per heavy atom. The summed E-state index contributed by atoms with van der Waals surface area (Å²) in [7, 11) is 0. The molecule has 0 aliphatic carbocycles. The number of nitrogens with zero attached hydrogens (tertiary/aromatic N) is 2. The van der Waals surface area contributed by atoms with Crippen LogP contribution in [-0.4, -0.2) is 17.1 Å².